The van der Waals surface area contributed by atoms with Gasteiger partial charge in [-0.3, -0.25) is 4.99 Å². The summed E-state index contributed by atoms with van der Waals surface area (Å²) in [7, 11) is 5.86. The van der Waals surface area contributed by atoms with Crippen LogP contribution in [0.5, 0.6) is 0 Å². The molecule has 2 aromatic heterocycles. The Labute approximate surface area is 124 Å². The molecule has 0 radical (unpaired) electrons. The second-order valence-electron chi connectivity index (χ2n) is 4.61. The van der Waals surface area contributed by atoms with E-state index in [1.807, 2.05) is 24.9 Å². The molecule has 0 aliphatic heterocycles. The van der Waals surface area contributed by atoms with E-state index in [0.29, 0.717) is 6.54 Å². The number of aliphatic imine (C=N–C) groups is 1. The van der Waals surface area contributed by atoms with Crippen LogP contribution in [0.15, 0.2) is 34.9 Å². The average Bonchev–Trinajstić information content (AvgIpc) is 3.09. The fourth-order valence-corrected chi connectivity index (χ4v) is 2.65. The van der Waals surface area contributed by atoms with Crippen molar-refractivity contribution in [2.75, 3.05) is 20.6 Å². The number of nitrogens with one attached hydrogen (secondary N) is 1. The molecule has 5 nitrogen and oxygen atoms in total. The van der Waals surface area contributed by atoms with Gasteiger partial charge in [-0.15, -0.1) is 11.3 Å². The third kappa shape index (κ3) is 3.84. The van der Waals surface area contributed by atoms with Crippen molar-refractivity contribution in [1.82, 2.24) is 19.8 Å². The zero-order valence-electron chi connectivity index (χ0n) is 12.2. The first kappa shape index (κ1) is 14.6. The van der Waals surface area contributed by atoms with Gasteiger partial charge in [0.1, 0.15) is 5.82 Å². The van der Waals surface area contributed by atoms with Crippen LogP contribution in [0.25, 0.3) is 0 Å². The maximum absolute atomic E-state index is 4.31. The Kier molecular flexibility index (Phi) is 5.17. The largest absolute Gasteiger partial charge is 0.349 e. The normalized spacial score (nSPS) is 11.7. The van der Waals surface area contributed by atoms with Crippen LogP contribution >= 0.6 is 11.3 Å². The summed E-state index contributed by atoms with van der Waals surface area (Å²) in [5.74, 6) is 1.89. The molecule has 2 heterocycles. The zero-order valence-corrected chi connectivity index (χ0v) is 13.0. The van der Waals surface area contributed by atoms with E-state index in [-0.39, 0.29) is 0 Å². The SMILES string of the molecule is CN=C(NCc1nccn1C)N(C)CCc1cccs1. The molecule has 2 rings (SSSR count). The molecule has 0 fully saturated rings. The lowest BCUT2D eigenvalue weighted by molar-refractivity contribution is 0.484. The van der Waals surface area contributed by atoms with E-state index >= 15 is 0 Å². The molecule has 0 saturated carbocycles. The molecule has 0 atom stereocenters. The minimum atomic E-state index is 0.680. The number of likely N-dealkylation sites (N-methyl/N-ethyl adjacent to an activating group) is 1. The smallest absolute Gasteiger partial charge is 0.193 e. The van der Waals surface area contributed by atoms with E-state index in [4.69, 9.17) is 0 Å². The van der Waals surface area contributed by atoms with E-state index in [2.05, 4.69) is 44.8 Å². The van der Waals surface area contributed by atoms with Gasteiger partial charge in [0, 0.05) is 45.0 Å². The third-order valence-electron chi connectivity index (χ3n) is 3.17. The van der Waals surface area contributed by atoms with E-state index in [0.717, 1.165) is 24.7 Å². The summed E-state index contributed by atoms with van der Waals surface area (Å²) in [6.45, 7) is 1.63. The fourth-order valence-electron chi connectivity index (χ4n) is 1.95. The van der Waals surface area contributed by atoms with Crippen molar-refractivity contribution >= 4 is 17.3 Å². The Hall–Kier alpha value is -1.82. The summed E-state index contributed by atoms with van der Waals surface area (Å²) in [5, 5.41) is 5.45. The molecular formula is C14H21N5S. The molecule has 6 heteroatoms. The van der Waals surface area contributed by atoms with Gasteiger partial charge in [-0.25, -0.2) is 4.98 Å². The lowest BCUT2D eigenvalue weighted by Crippen LogP contribution is -2.39. The Balaban J connectivity index is 1.83. The van der Waals surface area contributed by atoms with Crippen LogP contribution < -0.4 is 5.32 Å². The fraction of sp³-hybridized carbons (Fsp3) is 0.429. The summed E-state index contributed by atoms with van der Waals surface area (Å²) < 4.78 is 2.01. The highest BCUT2D eigenvalue weighted by molar-refractivity contribution is 7.09. The molecule has 0 unspecified atom stereocenters. The van der Waals surface area contributed by atoms with Crippen molar-refractivity contribution < 1.29 is 0 Å². The lowest BCUT2D eigenvalue weighted by atomic mass is 10.3. The van der Waals surface area contributed by atoms with Crippen LogP contribution in [0.4, 0.5) is 0 Å². The number of imidazole rings is 1. The van der Waals surface area contributed by atoms with Crippen LogP contribution in [0.3, 0.4) is 0 Å². The number of rotatable bonds is 5. The molecule has 0 spiro atoms. The second kappa shape index (κ2) is 7.09. The molecule has 0 amide bonds. The number of aromatic nitrogens is 2. The monoisotopic (exact) mass is 291 g/mol. The number of aryl methyl sites for hydroxylation is 1. The molecule has 1 N–H and O–H groups in total. The third-order valence-corrected chi connectivity index (χ3v) is 4.11. The molecule has 0 bridgehead atoms. The van der Waals surface area contributed by atoms with Gasteiger partial charge in [0.15, 0.2) is 5.96 Å². The van der Waals surface area contributed by atoms with Crippen LogP contribution in [-0.4, -0.2) is 41.1 Å². The van der Waals surface area contributed by atoms with Crippen LogP contribution in [0.1, 0.15) is 10.7 Å². The van der Waals surface area contributed by atoms with E-state index < -0.39 is 0 Å². The summed E-state index contributed by atoms with van der Waals surface area (Å²) in [6, 6.07) is 4.26. The summed E-state index contributed by atoms with van der Waals surface area (Å²) in [5.41, 5.74) is 0. The second-order valence-corrected chi connectivity index (χ2v) is 5.64. The first-order valence-electron chi connectivity index (χ1n) is 6.61. The standard InChI is InChI=1S/C14H21N5S/c1-15-14(17-11-13-16-7-9-18(13)2)19(3)8-6-12-5-4-10-20-12/h4-5,7,9-10H,6,8,11H2,1-3H3,(H,15,17). The Morgan fingerprint density at radius 1 is 1.55 bits per heavy atom. The van der Waals surface area contributed by atoms with E-state index in [1.54, 1.807) is 17.5 Å². The van der Waals surface area contributed by atoms with Gasteiger partial charge < -0.3 is 14.8 Å². The van der Waals surface area contributed by atoms with Crippen molar-refractivity contribution in [3.8, 4) is 0 Å². The van der Waals surface area contributed by atoms with Crippen molar-refractivity contribution in [2.24, 2.45) is 12.0 Å². The van der Waals surface area contributed by atoms with Crippen molar-refractivity contribution in [3.63, 3.8) is 0 Å². The van der Waals surface area contributed by atoms with E-state index in [1.165, 1.54) is 4.88 Å². The predicted molar refractivity (Wildman–Crippen MR) is 84.1 cm³/mol. The number of hydrogen-bond donors (Lipinski definition) is 1. The van der Waals surface area contributed by atoms with Gasteiger partial charge >= 0.3 is 0 Å². The van der Waals surface area contributed by atoms with Crippen LogP contribution in [0.2, 0.25) is 0 Å². The Morgan fingerprint density at radius 2 is 2.40 bits per heavy atom. The topological polar surface area (TPSA) is 45.5 Å². The highest BCUT2D eigenvalue weighted by atomic mass is 32.1. The maximum atomic E-state index is 4.31. The molecule has 0 saturated heterocycles. The highest BCUT2D eigenvalue weighted by Crippen LogP contribution is 2.09. The van der Waals surface area contributed by atoms with Crippen molar-refractivity contribution in [2.45, 2.75) is 13.0 Å². The van der Waals surface area contributed by atoms with Gasteiger partial charge in [-0.1, -0.05) is 6.07 Å². The molecule has 0 aromatic carbocycles. The summed E-state index contributed by atoms with van der Waals surface area (Å²) in [6.07, 6.45) is 4.79. The van der Waals surface area contributed by atoms with Gasteiger partial charge in [0.05, 0.1) is 6.54 Å². The van der Waals surface area contributed by atoms with Crippen molar-refractivity contribution in [1.29, 1.82) is 0 Å². The van der Waals surface area contributed by atoms with Gasteiger partial charge in [0.25, 0.3) is 0 Å². The minimum Gasteiger partial charge on any atom is -0.349 e. The molecule has 20 heavy (non-hydrogen) atoms. The summed E-state index contributed by atoms with van der Waals surface area (Å²) in [4.78, 5) is 12.2. The highest BCUT2D eigenvalue weighted by Gasteiger charge is 2.07. The first-order chi connectivity index (χ1) is 9.70. The zero-order chi connectivity index (χ0) is 14.4. The van der Waals surface area contributed by atoms with Gasteiger partial charge in [-0.05, 0) is 17.9 Å². The first-order valence-corrected chi connectivity index (χ1v) is 7.49. The lowest BCUT2D eigenvalue weighted by Gasteiger charge is -2.21. The number of nitrogens with zero attached hydrogens (tertiary/aromatic N) is 4. The van der Waals surface area contributed by atoms with Crippen LogP contribution in [-0.2, 0) is 20.0 Å². The molecule has 2 aromatic rings. The quantitative estimate of drug-likeness (QED) is 0.674. The van der Waals surface area contributed by atoms with E-state index in [9.17, 15) is 0 Å². The molecular weight excluding hydrogens is 270 g/mol. The number of guanidine groups is 1. The summed E-state index contributed by atoms with van der Waals surface area (Å²) >= 11 is 1.80. The van der Waals surface area contributed by atoms with Crippen LogP contribution in [0, 0.1) is 0 Å². The Morgan fingerprint density at radius 3 is 3.00 bits per heavy atom. The number of thiophene rings is 1. The molecule has 0 aliphatic rings. The number of hydrogen-bond acceptors (Lipinski definition) is 3. The van der Waals surface area contributed by atoms with Crippen molar-refractivity contribution in [3.05, 3.63) is 40.6 Å². The predicted octanol–water partition coefficient (Wildman–Crippen LogP) is 1.73. The Bertz CT molecular complexity index is 544. The molecule has 0 aliphatic carbocycles. The molecule has 108 valence electrons. The maximum Gasteiger partial charge on any atom is 0.193 e. The van der Waals surface area contributed by atoms with Gasteiger partial charge in [-0.2, -0.15) is 0 Å². The average molecular weight is 291 g/mol. The van der Waals surface area contributed by atoms with Gasteiger partial charge in [0.2, 0.25) is 0 Å². The minimum absolute atomic E-state index is 0.680.